The fraction of sp³-hybridized carbons (Fsp3) is 0.600. The molecule has 1 unspecified atom stereocenters. The van der Waals surface area contributed by atoms with Crippen LogP contribution in [0.3, 0.4) is 0 Å². The van der Waals surface area contributed by atoms with Crippen LogP contribution in [0.1, 0.15) is 18.5 Å². The van der Waals surface area contributed by atoms with Crippen LogP contribution in [0.15, 0.2) is 0 Å². The predicted molar refractivity (Wildman–Crippen MR) is 73.1 cm³/mol. The molecule has 0 aliphatic carbocycles. The quantitative estimate of drug-likeness (QED) is 0.596. The summed E-state index contributed by atoms with van der Waals surface area (Å²) in [7, 11) is -3.12. The summed E-state index contributed by atoms with van der Waals surface area (Å²) >= 11 is 0. The van der Waals surface area contributed by atoms with E-state index in [2.05, 4.69) is 15.3 Å². The summed E-state index contributed by atoms with van der Waals surface area (Å²) in [6, 6.07) is 0. The van der Waals surface area contributed by atoms with E-state index in [0.717, 1.165) is 0 Å². The van der Waals surface area contributed by atoms with Gasteiger partial charge in [-0.05, 0) is 19.8 Å². The molecule has 9 nitrogen and oxygen atoms in total. The van der Waals surface area contributed by atoms with Crippen LogP contribution in [0.5, 0.6) is 0 Å². The zero-order valence-electron chi connectivity index (χ0n) is 10.9. The molecule has 20 heavy (non-hydrogen) atoms. The molecule has 2 rings (SSSR count). The highest BCUT2D eigenvalue weighted by atomic mass is 32.2. The maximum Gasteiger partial charge on any atom is 0.332 e. The van der Waals surface area contributed by atoms with Crippen LogP contribution in [-0.2, 0) is 9.84 Å². The number of aromatic nitrogens is 2. The minimum atomic E-state index is -3.12. The lowest BCUT2D eigenvalue weighted by atomic mass is 10.2. The number of nitrogen functional groups attached to an aromatic ring is 1. The number of hydrogen-bond acceptors (Lipinski definition) is 8. The van der Waals surface area contributed by atoms with Crippen molar-refractivity contribution >= 4 is 27.3 Å². The summed E-state index contributed by atoms with van der Waals surface area (Å²) in [6.07, 6.45) is 1.16. The zero-order chi connectivity index (χ0) is 14.9. The van der Waals surface area contributed by atoms with E-state index in [-0.39, 0.29) is 35.4 Å². The minimum absolute atomic E-state index is 0.0397. The molecule has 1 aromatic heterocycles. The highest BCUT2D eigenvalue weighted by molar-refractivity contribution is 7.92. The number of nitro groups is 1. The average molecular weight is 301 g/mol. The molecule has 0 aromatic carbocycles. The van der Waals surface area contributed by atoms with Crippen molar-refractivity contribution in [1.29, 1.82) is 0 Å². The summed E-state index contributed by atoms with van der Waals surface area (Å²) in [5.41, 5.74) is 5.32. The van der Waals surface area contributed by atoms with Crippen molar-refractivity contribution in [2.24, 2.45) is 0 Å². The van der Waals surface area contributed by atoms with Gasteiger partial charge in [0.25, 0.3) is 0 Å². The Kier molecular flexibility index (Phi) is 3.75. The summed E-state index contributed by atoms with van der Waals surface area (Å²) in [5, 5.41) is 13.2. The Morgan fingerprint density at radius 1 is 1.50 bits per heavy atom. The molecule has 0 radical (unpaired) electrons. The molecule has 3 N–H and O–H groups in total. The van der Waals surface area contributed by atoms with Crippen LogP contribution in [0.25, 0.3) is 0 Å². The van der Waals surface area contributed by atoms with Gasteiger partial charge in [-0.2, -0.15) is 4.98 Å². The van der Waals surface area contributed by atoms with Gasteiger partial charge in [0.05, 0.1) is 15.9 Å². The summed E-state index contributed by atoms with van der Waals surface area (Å²) in [4.78, 5) is 17.9. The first-order chi connectivity index (χ1) is 9.31. The van der Waals surface area contributed by atoms with E-state index in [0.29, 0.717) is 12.8 Å². The molecule has 0 amide bonds. The van der Waals surface area contributed by atoms with Crippen LogP contribution in [0.2, 0.25) is 0 Å². The van der Waals surface area contributed by atoms with E-state index < -0.39 is 20.0 Å². The van der Waals surface area contributed by atoms with Gasteiger partial charge in [0.2, 0.25) is 11.8 Å². The number of nitrogens with two attached hydrogens (primary N) is 1. The largest absolute Gasteiger partial charge is 0.368 e. The fourth-order valence-electron chi connectivity index (χ4n) is 2.23. The van der Waals surface area contributed by atoms with Crippen LogP contribution in [-0.4, -0.2) is 40.9 Å². The first-order valence-corrected chi connectivity index (χ1v) is 7.77. The van der Waals surface area contributed by atoms with Crippen molar-refractivity contribution in [3.8, 4) is 0 Å². The van der Waals surface area contributed by atoms with Gasteiger partial charge in [0.1, 0.15) is 5.69 Å². The van der Waals surface area contributed by atoms with E-state index >= 15 is 0 Å². The van der Waals surface area contributed by atoms with Gasteiger partial charge in [0.15, 0.2) is 9.84 Å². The zero-order valence-corrected chi connectivity index (χ0v) is 11.7. The summed E-state index contributed by atoms with van der Waals surface area (Å²) in [5.74, 6) is 0.0267. The van der Waals surface area contributed by atoms with E-state index in [1.807, 2.05) is 0 Å². The molecular formula is C10H15N5O4S. The van der Waals surface area contributed by atoms with Gasteiger partial charge in [-0.15, -0.1) is 0 Å². The first kappa shape index (κ1) is 14.4. The monoisotopic (exact) mass is 301 g/mol. The highest BCUT2D eigenvalue weighted by Gasteiger charge is 2.32. The van der Waals surface area contributed by atoms with Gasteiger partial charge < -0.3 is 11.1 Å². The third kappa shape index (κ3) is 2.79. The number of aryl methyl sites for hydroxylation is 1. The topological polar surface area (TPSA) is 141 Å². The molecule has 0 bridgehead atoms. The van der Waals surface area contributed by atoms with Crippen molar-refractivity contribution in [1.82, 2.24) is 9.97 Å². The number of nitrogens with zero attached hydrogens (tertiary/aromatic N) is 3. The van der Waals surface area contributed by atoms with Gasteiger partial charge in [-0.1, -0.05) is 0 Å². The summed E-state index contributed by atoms with van der Waals surface area (Å²) < 4.78 is 23.4. The lowest BCUT2D eigenvalue weighted by Crippen LogP contribution is -2.26. The Labute approximate surface area is 115 Å². The second-order valence-corrected chi connectivity index (χ2v) is 7.03. The van der Waals surface area contributed by atoms with Gasteiger partial charge in [0, 0.05) is 6.54 Å². The molecular weight excluding hydrogens is 286 g/mol. The van der Waals surface area contributed by atoms with Gasteiger partial charge in [-0.3, -0.25) is 10.1 Å². The van der Waals surface area contributed by atoms with E-state index in [4.69, 9.17) is 5.73 Å². The smallest absolute Gasteiger partial charge is 0.332 e. The SMILES string of the molecule is Cc1nc(N)nc(NCC2CCCS2(=O)=O)c1[N+](=O)[O-]. The maximum atomic E-state index is 11.7. The molecule has 1 atom stereocenters. The minimum Gasteiger partial charge on any atom is -0.368 e. The molecule has 110 valence electrons. The summed E-state index contributed by atoms with van der Waals surface area (Å²) in [6.45, 7) is 1.53. The predicted octanol–water partition coefficient (Wildman–Crippen LogP) is 0.265. The molecule has 1 aliphatic heterocycles. The number of rotatable bonds is 4. The normalized spacial score (nSPS) is 20.8. The number of anilines is 2. The molecule has 1 aliphatic rings. The van der Waals surface area contributed by atoms with Crippen LogP contribution in [0, 0.1) is 17.0 Å². The number of nitrogens with one attached hydrogen (secondary N) is 1. The lowest BCUT2D eigenvalue weighted by molar-refractivity contribution is -0.385. The van der Waals surface area contributed by atoms with E-state index in [1.54, 1.807) is 0 Å². The fourth-order valence-corrected chi connectivity index (χ4v) is 3.99. The lowest BCUT2D eigenvalue weighted by Gasteiger charge is -2.12. The van der Waals surface area contributed by atoms with Crippen LogP contribution in [0.4, 0.5) is 17.5 Å². The van der Waals surface area contributed by atoms with Crippen LogP contribution < -0.4 is 11.1 Å². The molecule has 10 heteroatoms. The Balaban J connectivity index is 2.23. The Morgan fingerprint density at radius 2 is 2.20 bits per heavy atom. The van der Waals surface area contributed by atoms with E-state index in [9.17, 15) is 18.5 Å². The molecule has 2 heterocycles. The van der Waals surface area contributed by atoms with Crippen molar-refractivity contribution < 1.29 is 13.3 Å². The van der Waals surface area contributed by atoms with Crippen molar-refractivity contribution in [2.45, 2.75) is 25.0 Å². The Bertz CT molecular complexity index is 645. The van der Waals surface area contributed by atoms with Crippen molar-refractivity contribution in [3.05, 3.63) is 15.8 Å². The molecule has 0 spiro atoms. The van der Waals surface area contributed by atoms with Crippen molar-refractivity contribution in [2.75, 3.05) is 23.3 Å². The third-order valence-electron chi connectivity index (χ3n) is 3.22. The Morgan fingerprint density at radius 3 is 2.75 bits per heavy atom. The molecule has 1 aromatic rings. The standard InChI is InChI=1S/C10H15N5O4S/c1-6-8(15(16)17)9(14-10(11)13-6)12-5-7-3-2-4-20(7,18)19/h7H,2-5H2,1H3,(H3,11,12,13,14). The highest BCUT2D eigenvalue weighted by Crippen LogP contribution is 2.27. The van der Waals surface area contributed by atoms with Gasteiger partial charge in [-0.25, -0.2) is 13.4 Å². The second-order valence-electron chi connectivity index (χ2n) is 4.63. The van der Waals surface area contributed by atoms with Crippen molar-refractivity contribution in [3.63, 3.8) is 0 Å². The Hall–Kier alpha value is -1.97. The second kappa shape index (κ2) is 5.19. The van der Waals surface area contributed by atoms with E-state index in [1.165, 1.54) is 6.92 Å². The van der Waals surface area contributed by atoms with Gasteiger partial charge >= 0.3 is 5.69 Å². The molecule has 1 fully saturated rings. The number of sulfone groups is 1. The molecule has 1 saturated heterocycles. The molecule has 0 saturated carbocycles. The van der Waals surface area contributed by atoms with Crippen LogP contribution >= 0.6 is 0 Å². The first-order valence-electron chi connectivity index (χ1n) is 6.05. The third-order valence-corrected chi connectivity index (χ3v) is 5.49. The maximum absolute atomic E-state index is 11.7. The number of hydrogen-bond donors (Lipinski definition) is 2. The average Bonchev–Trinajstić information content (AvgIpc) is 2.64.